The first-order chi connectivity index (χ1) is 9.54. The van der Waals surface area contributed by atoms with Gasteiger partial charge in [-0.05, 0) is 45.4 Å². The smallest absolute Gasteiger partial charge is 0.102 e. The van der Waals surface area contributed by atoms with Gasteiger partial charge in [-0.3, -0.25) is 0 Å². The number of imidazole rings is 1. The Hall–Kier alpha value is -0.870. The monoisotopic (exact) mass is 279 g/mol. The van der Waals surface area contributed by atoms with Crippen molar-refractivity contribution in [3.8, 4) is 0 Å². The minimum Gasteiger partial charge on any atom is -0.386 e. The van der Waals surface area contributed by atoms with Crippen LogP contribution in [-0.2, 0) is 0 Å². The van der Waals surface area contributed by atoms with Crippen LogP contribution in [-0.4, -0.2) is 21.2 Å². The Morgan fingerprint density at radius 3 is 2.60 bits per heavy atom. The lowest BCUT2D eigenvalue weighted by molar-refractivity contribution is -0.0154. The summed E-state index contributed by atoms with van der Waals surface area (Å²) in [6.07, 6.45) is 8.75. The van der Waals surface area contributed by atoms with Gasteiger partial charge < -0.3 is 15.4 Å². The van der Waals surface area contributed by atoms with Crippen LogP contribution in [0.2, 0.25) is 0 Å². The summed E-state index contributed by atoms with van der Waals surface area (Å²) in [5.41, 5.74) is 6.82. The summed E-state index contributed by atoms with van der Waals surface area (Å²) in [6.45, 7) is 7.03. The normalized spacial score (nSPS) is 28.8. The molecule has 0 amide bonds. The standard InChI is InChI=1S/C16H29N3O/c1-4-13-5-7-16(10-17,8-6-13)15(20)14-9-18-11-19(14)12(2)3/h9,11-13,15,20H,4-8,10,17H2,1-3H3. The average Bonchev–Trinajstić information content (AvgIpc) is 2.96. The predicted molar refractivity (Wildman–Crippen MR) is 81.3 cm³/mol. The third kappa shape index (κ3) is 2.77. The molecule has 0 saturated heterocycles. The molecule has 0 aliphatic heterocycles. The number of aliphatic hydroxyl groups is 1. The second-order valence-corrected chi connectivity index (χ2v) is 6.64. The topological polar surface area (TPSA) is 64.1 Å². The number of nitrogens with zero attached hydrogens (tertiary/aromatic N) is 2. The van der Waals surface area contributed by atoms with Gasteiger partial charge in [-0.15, -0.1) is 0 Å². The Bertz CT molecular complexity index is 419. The van der Waals surface area contributed by atoms with Crippen LogP contribution in [0.4, 0.5) is 0 Å². The average molecular weight is 279 g/mol. The molecule has 1 aromatic heterocycles. The van der Waals surface area contributed by atoms with Gasteiger partial charge in [-0.1, -0.05) is 13.3 Å². The molecule has 0 bridgehead atoms. The van der Waals surface area contributed by atoms with Crippen molar-refractivity contribution in [3.63, 3.8) is 0 Å². The molecule has 1 atom stereocenters. The molecule has 1 aliphatic rings. The third-order valence-electron chi connectivity index (χ3n) is 5.20. The molecule has 2 rings (SSSR count). The lowest BCUT2D eigenvalue weighted by Gasteiger charge is -2.43. The van der Waals surface area contributed by atoms with E-state index in [1.807, 2.05) is 6.33 Å². The maximum atomic E-state index is 10.9. The van der Waals surface area contributed by atoms with Gasteiger partial charge in [0.1, 0.15) is 6.10 Å². The Balaban J connectivity index is 2.21. The highest BCUT2D eigenvalue weighted by Crippen LogP contribution is 2.47. The SMILES string of the molecule is CCC1CCC(CN)(C(O)c2cncn2C(C)C)CC1. The zero-order valence-electron chi connectivity index (χ0n) is 13.0. The summed E-state index contributed by atoms with van der Waals surface area (Å²) in [5, 5.41) is 10.9. The molecular formula is C16H29N3O. The van der Waals surface area contributed by atoms with Gasteiger partial charge in [0, 0.05) is 18.0 Å². The number of aromatic nitrogens is 2. The largest absolute Gasteiger partial charge is 0.386 e. The first-order valence-electron chi connectivity index (χ1n) is 7.94. The van der Waals surface area contributed by atoms with Gasteiger partial charge >= 0.3 is 0 Å². The van der Waals surface area contributed by atoms with Crippen LogP contribution >= 0.6 is 0 Å². The molecular weight excluding hydrogens is 250 g/mol. The Labute approximate surface area is 122 Å². The van der Waals surface area contributed by atoms with Crippen LogP contribution < -0.4 is 5.73 Å². The highest BCUT2D eigenvalue weighted by molar-refractivity contribution is 5.10. The number of aliphatic hydroxyl groups excluding tert-OH is 1. The molecule has 1 saturated carbocycles. The van der Waals surface area contributed by atoms with Crippen molar-refractivity contribution in [1.82, 2.24) is 9.55 Å². The summed E-state index contributed by atoms with van der Waals surface area (Å²) in [6, 6.07) is 0.309. The summed E-state index contributed by atoms with van der Waals surface area (Å²) in [7, 11) is 0. The van der Waals surface area contributed by atoms with Crippen LogP contribution in [0.15, 0.2) is 12.5 Å². The van der Waals surface area contributed by atoms with Gasteiger partial charge in [-0.2, -0.15) is 0 Å². The lowest BCUT2D eigenvalue weighted by atomic mass is 9.66. The zero-order chi connectivity index (χ0) is 14.8. The molecule has 1 aromatic rings. The number of hydrogen-bond donors (Lipinski definition) is 2. The van der Waals surface area contributed by atoms with Crippen LogP contribution in [0.25, 0.3) is 0 Å². The summed E-state index contributed by atoms with van der Waals surface area (Å²) in [4.78, 5) is 4.22. The van der Waals surface area contributed by atoms with E-state index in [0.717, 1.165) is 24.5 Å². The van der Waals surface area contributed by atoms with E-state index in [1.54, 1.807) is 6.20 Å². The number of nitrogens with two attached hydrogens (primary N) is 1. The fraction of sp³-hybridized carbons (Fsp3) is 0.812. The summed E-state index contributed by atoms with van der Waals surface area (Å²) in [5.74, 6) is 0.803. The molecule has 20 heavy (non-hydrogen) atoms. The van der Waals surface area contributed by atoms with Crippen LogP contribution in [0.5, 0.6) is 0 Å². The minimum absolute atomic E-state index is 0.168. The van der Waals surface area contributed by atoms with Gasteiger partial charge in [0.25, 0.3) is 0 Å². The third-order valence-corrected chi connectivity index (χ3v) is 5.20. The molecule has 4 nitrogen and oxygen atoms in total. The summed E-state index contributed by atoms with van der Waals surface area (Å²) >= 11 is 0. The van der Waals surface area contributed by atoms with Gasteiger partial charge in [0.15, 0.2) is 0 Å². The molecule has 0 spiro atoms. The van der Waals surface area contributed by atoms with Crippen molar-refractivity contribution in [1.29, 1.82) is 0 Å². The number of rotatable bonds is 5. The van der Waals surface area contributed by atoms with Crippen LogP contribution in [0, 0.1) is 11.3 Å². The van der Waals surface area contributed by atoms with E-state index >= 15 is 0 Å². The van der Waals surface area contributed by atoms with E-state index in [1.165, 1.54) is 19.3 Å². The molecule has 1 aliphatic carbocycles. The molecule has 0 aromatic carbocycles. The van der Waals surface area contributed by atoms with E-state index in [4.69, 9.17) is 5.73 Å². The van der Waals surface area contributed by atoms with Crippen LogP contribution in [0.1, 0.15) is 70.7 Å². The Kier molecular flexibility index (Phi) is 4.86. The van der Waals surface area contributed by atoms with E-state index in [-0.39, 0.29) is 5.41 Å². The van der Waals surface area contributed by atoms with E-state index in [0.29, 0.717) is 12.6 Å². The van der Waals surface area contributed by atoms with Crippen molar-refractivity contribution in [2.24, 2.45) is 17.1 Å². The van der Waals surface area contributed by atoms with Crippen LogP contribution in [0.3, 0.4) is 0 Å². The van der Waals surface area contributed by atoms with Gasteiger partial charge in [0.2, 0.25) is 0 Å². The summed E-state index contributed by atoms with van der Waals surface area (Å²) < 4.78 is 2.06. The van der Waals surface area contributed by atoms with Gasteiger partial charge in [0.05, 0.1) is 18.2 Å². The van der Waals surface area contributed by atoms with Gasteiger partial charge in [-0.25, -0.2) is 4.98 Å². The lowest BCUT2D eigenvalue weighted by Crippen LogP contribution is -2.41. The molecule has 4 heteroatoms. The predicted octanol–water partition coefficient (Wildman–Crippen LogP) is 3.04. The molecule has 1 fully saturated rings. The maximum Gasteiger partial charge on any atom is 0.102 e. The van der Waals surface area contributed by atoms with E-state index < -0.39 is 6.10 Å². The van der Waals surface area contributed by atoms with Crippen molar-refractivity contribution in [3.05, 3.63) is 18.2 Å². The molecule has 3 N–H and O–H groups in total. The van der Waals surface area contributed by atoms with Crippen molar-refractivity contribution >= 4 is 0 Å². The molecule has 114 valence electrons. The van der Waals surface area contributed by atoms with Crippen molar-refractivity contribution in [2.75, 3.05) is 6.54 Å². The molecule has 1 heterocycles. The second-order valence-electron chi connectivity index (χ2n) is 6.64. The van der Waals surface area contributed by atoms with Crippen molar-refractivity contribution in [2.45, 2.75) is 65.0 Å². The van der Waals surface area contributed by atoms with E-state index in [9.17, 15) is 5.11 Å². The molecule has 1 unspecified atom stereocenters. The molecule has 0 radical (unpaired) electrons. The zero-order valence-corrected chi connectivity index (χ0v) is 13.0. The highest BCUT2D eigenvalue weighted by Gasteiger charge is 2.41. The maximum absolute atomic E-state index is 10.9. The Morgan fingerprint density at radius 2 is 2.10 bits per heavy atom. The highest BCUT2D eigenvalue weighted by atomic mass is 16.3. The minimum atomic E-state index is -0.504. The number of hydrogen-bond acceptors (Lipinski definition) is 3. The quantitative estimate of drug-likeness (QED) is 0.870. The van der Waals surface area contributed by atoms with E-state index in [2.05, 4.69) is 30.3 Å². The fourth-order valence-electron chi connectivity index (χ4n) is 3.52. The first kappa shape index (κ1) is 15.5. The Morgan fingerprint density at radius 1 is 1.45 bits per heavy atom. The van der Waals surface area contributed by atoms with Crippen molar-refractivity contribution < 1.29 is 5.11 Å². The second kappa shape index (κ2) is 6.27. The fourth-order valence-corrected chi connectivity index (χ4v) is 3.52. The first-order valence-corrected chi connectivity index (χ1v) is 7.94.